The first-order valence-corrected chi connectivity index (χ1v) is 6.54. The van der Waals surface area contributed by atoms with Crippen molar-refractivity contribution in [3.05, 3.63) is 71.4 Å². The second-order valence-corrected chi connectivity index (χ2v) is 4.83. The fourth-order valence-electron chi connectivity index (χ4n) is 2.58. The van der Waals surface area contributed by atoms with Crippen LogP contribution in [-0.4, -0.2) is 4.57 Å². The van der Waals surface area contributed by atoms with Crippen LogP contribution in [0.2, 0.25) is 0 Å². The highest BCUT2D eigenvalue weighted by atomic mass is 14.9. The third-order valence-electron chi connectivity index (χ3n) is 3.65. The molecule has 2 aromatic carbocycles. The zero-order valence-electron chi connectivity index (χ0n) is 11.3. The highest BCUT2D eigenvalue weighted by Gasteiger charge is 2.07. The van der Waals surface area contributed by atoms with Crippen molar-refractivity contribution in [1.82, 2.24) is 4.57 Å². The van der Waals surface area contributed by atoms with Gasteiger partial charge in [0.15, 0.2) is 0 Å². The molecule has 3 aromatic rings. The molecule has 0 bridgehead atoms. The number of benzene rings is 2. The first kappa shape index (κ1) is 11.8. The van der Waals surface area contributed by atoms with E-state index < -0.39 is 0 Å². The van der Waals surface area contributed by atoms with Gasteiger partial charge in [0.2, 0.25) is 0 Å². The van der Waals surface area contributed by atoms with Crippen LogP contribution in [0.1, 0.15) is 16.8 Å². The minimum atomic E-state index is 1.23. The number of aromatic nitrogens is 1. The Bertz CT molecular complexity index is 694. The number of rotatable bonds is 2. The van der Waals surface area contributed by atoms with E-state index >= 15 is 0 Å². The van der Waals surface area contributed by atoms with E-state index in [2.05, 4.69) is 79.2 Å². The highest BCUT2D eigenvalue weighted by Crippen LogP contribution is 2.25. The van der Waals surface area contributed by atoms with Crippen LogP contribution in [0, 0.1) is 6.92 Å². The molecular weight excluding hydrogens is 230 g/mol. The van der Waals surface area contributed by atoms with Gasteiger partial charge in [0.1, 0.15) is 0 Å². The van der Waals surface area contributed by atoms with Crippen LogP contribution >= 0.6 is 0 Å². The molecule has 19 heavy (non-hydrogen) atoms. The van der Waals surface area contributed by atoms with Gasteiger partial charge >= 0.3 is 0 Å². The molecule has 1 nitrogen and oxygen atoms in total. The molecular formula is C18H17N. The smallest absolute Gasteiger partial charge is 0.0485 e. The van der Waals surface area contributed by atoms with Crippen molar-refractivity contribution in [3.8, 4) is 0 Å². The van der Waals surface area contributed by atoms with Gasteiger partial charge in [-0.25, -0.2) is 0 Å². The fraction of sp³-hybridized carbons (Fsp3) is 0.111. The Kier molecular flexibility index (Phi) is 2.96. The molecule has 0 radical (unpaired) electrons. The second-order valence-electron chi connectivity index (χ2n) is 4.83. The topological polar surface area (TPSA) is 4.93 Å². The minimum Gasteiger partial charge on any atom is -0.344 e. The van der Waals surface area contributed by atoms with Gasteiger partial charge in [-0.2, -0.15) is 0 Å². The lowest BCUT2D eigenvalue weighted by atomic mass is 10.1. The van der Waals surface area contributed by atoms with Crippen molar-refractivity contribution in [1.29, 1.82) is 0 Å². The van der Waals surface area contributed by atoms with E-state index in [1.165, 1.54) is 27.7 Å². The van der Waals surface area contributed by atoms with Crippen LogP contribution in [0.5, 0.6) is 0 Å². The summed E-state index contributed by atoms with van der Waals surface area (Å²) in [6.07, 6.45) is 4.37. The van der Waals surface area contributed by atoms with Crippen LogP contribution in [0.15, 0.2) is 54.6 Å². The summed E-state index contributed by atoms with van der Waals surface area (Å²) in [5.41, 5.74) is 5.12. The molecule has 1 heteroatoms. The van der Waals surface area contributed by atoms with Crippen LogP contribution in [-0.2, 0) is 7.05 Å². The second kappa shape index (κ2) is 4.77. The molecule has 0 saturated heterocycles. The number of fused-ring (bicyclic) bond motifs is 1. The SMILES string of the molecule is Cc1c(/C=C/c2ccccc2)n(C)c2ccccc12. The van der Waals surface area contributed by atoms with E-state index in [4.69, 9.17) is 0 Å². The quantitative estimate of drug-likeness (QED) is 0.621. The summed E-state index contributed by atoms with van der Waals surface area (Å²) in [7, 11) is 2.12. The zero-order valence-corrected chi connectivity index (χ0v) is 11.3. The lowest BCUT2D eigenvalue weighted by Crippen LogP contribution is -1.90. The molecule has 94 valence electrons. The molecule has 1 heterocycles. The van der Waals surface area contributed by atoms with Gasteiger partial charge in [0.05, 0.1) is 0 Å². The zero-order chi connectivity index (χ0) is 13.2. The number of hydrogen-bond acceptors (Lipinski definition) is 0. The molecule has 0 N–H and O–H groups in total. The maximum Gasteiger partial charge on any atom is 0.0485 e. The van der Waals surface area contributed by atoms with Gasteiger partial charge in [-0.1, -0.05) is 54.6 Å². The van der Waals surface area contributed by atoms with Crippen LogP contribution < -0.4 is 0 Å². The minimum absolute atomic E-state index is 1.23. The Morgan fingerprint density at radius 2 is 1.53 bits per heavy atom. The van der Waals surface area contributed by atoms with E-state index in [-0.39, 0.29) is 0 Å². The summed E-state index contributed by atoms with van der Waals surface area (Å²) in [4.78, 5) is 0. The van der Waals surface area contributed by atoms with Crippen molar-refractivity contribution in [3.63, 3.8) is 0 Å². The largest absolute Gasteiger partial charge is 0.344 e. The molecule has 3 rings (SSSR count). The molecule has 0 fully saturated rings. The number of nitrogens with zero attached hydrogens (tertiary/aromatic N) is 1. The summed E-state index contributed by atoms with van der Waals surface area (Å²) >= 11 is 0. The average molecular weight is 247 g/mol. The number of para-hydroxylation sites is 1. The maximum absolute atomic E-state index is 2.25. The van der Waals surface area contributed by atoms with E-state index in [9.17, 15) is 0 Å². The van der Waals surface area contributed by atoms with Gasteiger partial charge in [-0.3, -0.25) is 0 Å². The molecule has 0 saturated carbocycles. The van der Waals surface area contributed by atoms with Crippen molar-refractivity contribution in [2.24, 2.45) is 7.05 Å². The van der Waals surface area contributed by atoms with Gasteiger partial charge in [0.25, 0.3) is 0 Å². The Morgan fingerprint density at radius 1 is 0.842 bits per heavy atom. The molecule has 0 spiro atoms. The Balaban J connectivity index is 2.09. The first-order chi connectivity index (χ1) is 9.27. The Labute approximate surface area is 113 Å². The van der Waals surface area contributed by atoms with E-state index in [0.29, 0.717) is 0 Å². The van der Waals surface area contributed by atoms with E-state index in [0.717, 1.165) is 0 Å². The van der Waals surface area contributed by atoms with Crippen molar-refractivity contribution < 1.29 is 0 Å². The van der Waals surface area contributed by atoms with Crippen LogP contribution in [0.3, 0.4) is 0 Å². The normalized spacial score (nSPS) is 11.5. The molecule has 0 amide bonds. The molecule has 0 unspecified atom stereocenters. The van der Waals surface area contributed by atoms with Crippen molar-refractivity contribution in [2.45, 2.75) is 6.92 Å². The van der Waals surface area contributed by atoms with Gasteiger partial charge < -0.3 is 4.57 Å². The summed E-state index contributed by atoms with van der Waals surface area (Å²) in [5, 5.41) is 1.33. The number of hydrogen-bond donors (Lipinski definition) is 0. The monoisotopic (exact) mass is 247 g/mol. The standard InChI is InChI=1S/C18H17N/c1-14-16-10-6-7-11-18(16)19(2)17(14)13-12-15-8-4-3-5-9-15/h3-13H,1-2H3/b13-12+. The number of aryl methyl sites for hydroxylation is 2. The van der Waals surface area contributed by atoms with E-state index in [1.807, 2.05) is 6.07 Å². The predicted molar refractivity (Wildman–Crippen MR) is 83.0 cm³/mol. The summed E-state index contributed by atoms with van der Waals surface area (Å²) in [6, 6.07) is 18.9. The van der Waals surface area contributed by atoms with Gasteiger partial charge in [0, 0.05) is 23.6 Å². The lowest BCUT2D eigenvalue weighted by Gasteiger charge is -2.00. The summed E-state index contributed by atoms with van der Waals surface area (Å²) in [6.45, 7) is 2.19. The molecule has 0 aliphatic heterocycles. The van der Waals surface area contributed by atoms with E-state index in [1.54, 1.807) is 0 Å². The van der Waals surface area contributed by atoms with Crippen molar-refractivity contribution in [2.75, 3.05) is 0 Å². The Hall–Kier alpha value is -2.28. The third kappa shape index (κ3) is 2.08. The predicted octanol–water partition coefficient (Wildman–Crippen LogP) is 4.66. The molecule has 0 atom stereocenters. The average Bonchev–Trinajstić information content (AvgIpc) is 2.71. The third-order valence-corrected chi connectivity index (χ3v) is 3.65. The molecule has 0 aliphatic rings. The van der Waals surface area contributed by atoms with Crippen LogP contribution in [0.25, 0.3) is 23.1 Å². The highest BCUT2D eigenvalue weighted by molar-refractivity contribution is 5.89. The summed E-state index contributed by atoms with van der Waals surface area (Å²) in [5.74, 6) is 0. The Morgan fingerprint density at radius 3 is 2.26 bits per heavy atom. The fourth-order valence-corrected chi connectivity index (χ4v) is 2.58. The van der Waals surface area contributed by atoms with Gasteiger partial charge in [-0.15, -0.1) is 0 Å². The molecule has 1 aromatic heterocycles. The molecule has 0 aliphatic carbocycles. The maximum atomic E-state index is 2.25. The lowest BCUT2D eigenvalue weighted by molar-refractivity contribution is 0.949. The van der Waals surface area contributed by atoms with Crippen molar-refractivity contribution >= 4 is 23.1 Å². The van der Waals surface area contributed by atoms with Crippen LogP contribution in [0.4, 0.5) is 0 Å². The summed E-state index contributed by atoms with van der Waals surface area (Å²) < 4.78 is 2.25. The first-order valence-electron chi connectivity index (χ1n) is 6.54. The van der Waals surface area contributed by atoms with Gasteiger partial charge in [-0.05, 0) is 30.2 Å².